The predicted molar refractivity (Wildman–Crippen MR) is 11.5 cm³/mol. The Labute approximate surface area is 92.8 Å². The zero-order valence-electron chi connectivity index (χ0n) is 2.40. The van der Waals surface area contributed by atoms with Crippen LogP contribution in [0, 0.1) is 0 Å². The van der Waals surface area contributed by atoms with Gasteiger partial charge in [-0.05, 0) is 0 Å². The molecule has 0 aliphatic heterocycles. The van der Waals surface area contributed by atoms with Gasteiger partial charge in [0.2, 0.25) is 0 Å². The molecule has 0 atom stereocenters. The second-order valence-corrected chi connectivity index (χ2v) is 0. The van der Waals surface area contributed by atoms with Crippen molar-refractivity contribution in [3.63, 3.8) is 0 Å². The van der Waals surface area contributed by atoms with Gasteiger partial charge in [-0.1, -0.05) is 0 Å². The molecule has 0 aromatic rings. The second-order valence-electron chi connectivity index (χ2n) is 0. The van der Waals surface area contributed by atoms with Crippen molar-refractivity contribution in [1.82, 2.24) is 0 Å². The van der Waals surface area contributed by atoms with Gasteiger partial charge >= 0.3 is 0 Å². The van der Waals surface area contributed by atoms with Gasteiger partial charge in [0.05, 0.1) is 0 Å². The van der Waals surface area contributed by atoms with Crippen molar-refractivity contribution < 1.29 is 53.0 Å². The van der Waals surface area contributed by atoms with Crippen molar-refractivity contribution in [1.29, 1.82) is 0 Å². The molecule has 0 saturated heterocycles. The maximum Gasteiger partial charge on any atom is 0 e. The second kappa shape index (κ2) is 28.2. The Bertz CT molecular complexity index is 11.6. The summed E-state index contributed by atoms with van der Waals surface area (Å²) >= 11 is 0. The van der Waals surface area contributed by atoms with Crippen LogP contribution < -0.4 is 0 Å². The quantitative estimate of drug-likeness (QED) is 0.511. The maximum atomic E-state index is 0. The zero-order chi connectivity index (χ0) is 0. The third kappa shape index (κ3) is 19.5. The molecule has 5 heteroatoms. The Hall–Kier alpha value is 2.97. The van der Waals surface area contributed by atoms with Crippen LogP contribution in [-0.2, 0) is 53.0 Å². The van der Waals surface area contributed by atoms with Gasteiger partial charge in [0.25, 0.3) is 0 Å². The largest absolute Gasteiger partial charge is 0 e. The standard InChI is InChI=1S/Al.Cu.Ni.Sn.Zn. The first-order valence-corrected chi connectivity index (χ1v) is 0. The summed E-state index contributed by atoms with van der Waals surface area (Å²) in [4.78, 5) is 0. The fourth-order valence-corrected chi connectivity index (χ4v) is 0. The average Bonchev–Trinajstić information content (AvgIpc) is 0. The minimum absolute atomic E-state index is 0. The first kappa shape index (κ1) is 43.9. The fraction of sp³-hybridized carbons (Fsp3) is 0. The topological polar surface area (TPSA) is 0 Å². The normalized spacial score (nSPS) is 0. The average molecular weight is 333 g/mol. The predicted octanol–water partition coefficient (Wildman–Crippen LogP) is -0.769. The van der Waals surface area contributed by atoms with Gasteiger partial charge in [-0.2, -0.15) is 0 Å². The van der Waals surface area contributed by atoms with Gasteiger partial charge in [-0.3, -0.25) is 0 Å². The summed E-state index contributed by atoms with van der Waals surface area (Å²) < 4.78 is 0. The van der Waals surface area contributed by atoms with Crippen LogP contribution in [-0.4, -0.2) is 41.3 Å². The molecule has 0 unspecified atom stereocenters. The molecule has 0 aliphatic carbocycles. The molecule has 0 spiro atoms. The molecule has 0 N–H and O–H groups in total. The molecule has 0 fully saturated rings. The molecule has 0 rings (SSSR count). The maximum absolute atomic E-state index is 0. The van der Waals surface area contributed by atoms with Gasteiger partial charge < -0.3 is 0 Å². The molecular weight excluding hydrogens is 333 g/mol. The van der Waals surface area contributed by atoms with E-state index in [1.54, 1.807) is 0 Å². The molecule has 0 amide bonds. The Morgan fingerprint density at radius 2 is 1.00 bits per heavy atom. The molecule has 30 valence electrons. The molecule has 8 radical (unpaired) electrons. The van der Waals surface area contributed by atoms with E-state index in [-0.39, 0.29) is 94.3 Å². The summed E-state index contributed by atoms with van der Waals surface area (Å²) in [5.74, 6) is 0. The number of rotatable bonds is 0. The third-order valence-electron chi connectivity index (χ3n) is 0. The summed E-state index contributed by atoms with van der Waals surface area (Å²) in [6.45, 7) is 0. The van der Waals surface area contributed by atoms with Crippen LogP contribution in [0.15, 0.2) is 0 Å². The smallest absolute Gasteiger partial charge is 0 e. The van der Waals surface area contributed by atoms with Crippen molar-refractivity contribution in [2.45, 2.75) is 0 Å². The van der Waals surface area contributed by atoms with Crippen LogP contribution >= 0.6 is 0 Å². The molecule has 0 saturated carbocycles. The Morgan fingerprint density at radius 1 is 1.00 bits per heavy atom. The molecular formula is AlCuNiSnZn. The van der Waals surface area contributed by atoms with E-state index < -0.39 is 0 Å². The monoisotopic (exact) mass is 332 g/mol. The molecule has 0 aliphatic rings. The summed E-state index contributed by atoms with van der Waals surface area (Å²) in [6.07, 6.45) is 0. The van der Waals surface area contributed by atoms with E-state index in [0.717, 1.165) is 0 Å². The van der Waals surface area contributed by atoms with Crippen molar-refractivity contribution in [3.05, 3.63) is 0 Å². The Balaban J connectivity index is 0. The number of hydrogen-bond donors (Lipinski definition) is 0. The van der Waals surface area contributed by atoms with E-state index in [4.69, 9.17) is 0 Å². The van der Waals surface area contributed by atoms with E-state index >= 15 is 0 Å². The molecule has 0 aromatic heterocycles. The van der Waals surface area contributed by atoms with Gasteiger partial charge in [-0.15, -0.1) is 0 Å². The van der Waals surface area contributed by atoms with E-state index in [1.165, 1.54) is 0 Å². The van der Waals surface area contributed by atoms with Gasteiger partial charge in [0.15, 0.2) is 0 Å². The molecule has 5 heavy (non-hydrogen) atoms. The SMILES string of the molecule is [Al].[Cu].[Ni].[Sn].[Zn]. The summed E-state index contributed by atoms with van der Waals surface area (Å²) in [5.41, 5.74) is 0. The van der Waals surface area contributed by atoms with Crippen molar-refractivity contribution >= 4 is 41.3 Å². The summed E-state index contributed by atoms with van der Waals surface area (Å²) in [5, 5.41) is 0. The zero-order valence-corrected chi connectivity index (χ0v) is 11.3. The molecule has 0 aromatic carbocycles. The third-order valence-corrected chi connectivity index (χ3v) is 0. The molecule has 0 bridgehead atoms. The van der Waals surface area contributed by atoms with Crippen LogP contribution in [0.3, 0.4) is 0 Å². The van der Waals surface area contributed by atoms with Gasteiger partial charge in [-0.25, -0.2) is 0 Å². The minimum atomic E-state index is 0. The minimum Gasteiger partial charge on any atom is 0 e. The van der Waals surface area contributed by atoms with E-state index in [1.807, 2.05) is 0 Å². The van der Waals surface area contributed by atoms with Crippen LogP contribution in [0.2, 0.25) is 0 Å². The first-order chi connectivity index (χ1) is 0. The van der Waals surface area contributed by atoms with Crippen molar-refractivity contribution in [2.24, 2.45) is 0 Å². The molecule has 0 heterocycles. The first-order valence-electron chi connectivity index (χ1n) is 0. The van der Waals surface area contributed by atoms with E-state index in [2.05, 4.69) is 0 Å². The van der Waals surface area contributed by atoms with Crippen LogP contribution in [0.25, 0.3) is 0 Å². The van der Waals surface area contributed by atoms with Crippen LogP contribution in [0.1, 0.15) is 0 Å². The van der Waals surface area contributed by atoms with Gasteiger partial charge in [0, 0.05) is 94.3 Å². The molecule has 0 nitrogen and oxygen atoms in total. The fourth-order valence-electron chi connectivity index (χ4n) is 0. The Kier molecular flexibility index (Phi) is 248. The van der Waals surface area contributed by atoms with Crippen LogP contribution in [0.5, 0.6) is 0 Å². The summed E-state index contributed by atoms with van der Waals surface area (Å²) in [7, 11) is 0. The number of hydrogen-bond acceptors (Lipinski definition) is 0. The van der Waals surface area contributed by atoms with Crippen molar-refractivity contribution in [2.75, 3.05) is 0 Å². The van der Waals surface area contributed by atoms with Gasteiger partial charge in [0.1, 0.15) is 0 Å². The Morgan fingerprint density at radius 3 is 1.00 bits per heavy atom. The van der Waals surface area contributed by atoms with Crippen molar-refractivity contribution in [3.8, 4) is 0 Å². The summed E-state index contributed by atoms with van der Waals surface area (Å²) in [6, 6.07) is 0. The van der Waals surface area contributed by atoms with E-state index in [9.17, 15) is 0 Å². The van der Waals surface area contributed by atoms with Crippen LogP contribution in [0.4, 0.5) is 0 Å². The van der Waals surface area contributed by atoms with E-state index in [0.29, 0.717) is 0 Å².